The molecular formula is C15H15O2. The molecule has 0 aliphatic rings. The van der Waals surface area contributed by atoms with E-state index in [-0.39, 0.29) is 6.61 Å². The highest BCUT2D eigenvalue weighted by Crippen LogP contribution is 2.18. The Morgan fingerprint density at radius 1 is 1.06 bits per heavy atom. The summed E-state index contributed by atoms with van der Waals surface area (Å²) in [5.74, 6) is 0.755. The molecule has 1 N–H and O–H groups in total. The highest BCUT2D eigenvalue weighted by atomic mass is 16.5. The summed E-state index contributed by atoms with van der Waals surface area (Å²) in [5, 5.41) is 9.13. The molecule has 2 aromatic carbocycles. The molecule has 0 unspecified atom stereocenters. The van der Waals surface area contributed by atoms with Crippen molar-refractivity contribution in [1.29, 1.82) is 0 Å². The zero-order valence-electron chi connectivity index (χ0n) is 9.60. The molecule has 0 aromatic heterocycles. The summed E-state index contributed by atoms with van der Waals surface area (Å²) in [7, 11) is 0. The molecule has 2 nitrogen and oxygen atoms in total. The van der Waals surface area contributed by atoms with Gasteiger partial charge in [-0.05, 0) is 35.7 Å². The summed E-state index contributed by atoms with van der Waals surface area (Å²) in [6, 6.07) is 15.5. The molecule has 0 atom stereocenters. The third-order valence-electron chi connectivity index (χ3n) is 2.60. The molecular weight excluding hydrogens is 212 g/mol. The van der Waals surface area contributed by atoms with Crippen molar-refractivity contribution in [3.63, 3.8) is 0 Å². The van der Waals surface area contributed by atoms with Gasteiger partial charge < -0.3 is 9.84 Å². The summed E-state index contributed by atoms with van der Waals surface area (Å²) in [5.41, 5.74) is 2.76. The van der Waals surface area contributed by atoms with E-state index < -0.39 is 0 Å². The van der Waals surface area contributed by atoms with Gasteiger partial charge in [0, 0.05) is 0 Å². The van der Waals surface area contributed by atoms with Crippen LogP contribution in [0.25, 0.3) is 0 Å². The second-order valence-electron chi connectivity index (χ2n) is 3.86. The van der Waals surface area contributed by atoms with E-state index in [0.717, 1.165) is 22.4 Å². The fourth-order valence-electron chi connectivity index (χ4n) is 1.58. The fourth-order valence-corrected chi connectivity index (χ4v) is 1.58. The maximum absolute atomic E-state index is 9.13. The van der Waals surface area contributed by atoms with Crippen LogP contribution in [0.1, 0.15) is 16.7 Å². The number of hydrogen-bond acceptors (Lipinski definition) is 2. The Morgan fingerprint density at radius 2 is 1.82 bits per heavy atom. The molecule has 0 amide bonds. The van der Waals surface area contributed by atoms with Crippen LogP contribution >= 0.6 is 0 Å². The molecule has 2 heteroatoms. The molecule has 0 saturated carbocycles. The van der Waals surface area contributed by atoms with Gasteiger partial charge in [-0.3, -0.25) is 0 Å². The number of aliphatic hydroxyl groups is 1. The van der Waals surface area contributed by atoms with Gasteiger partial charge in [0.15, 0.2) is 0 Å². The summed E-state index contributed by atoms with van der Waals surface area (Å²) in [6.07, 6.45) is 0. The van der Waals surface area contributed by atoms with Crippen LogP contribution in [-0.4, -0.2) is 5.11 Å². The van der Waals surface area contributed by atoms with Gasteiger partial charge in [-0.25, -0.2) is 0 Å². The maximum Gasteiger partial charge on any atom is 0.120 e. The second-order valence-corrected chi connectivity index (χ2v) is 3.86. The summed E-state index contributed by atoms with van der Waals surface area (Å²) < 4.78 is 5.65. The SMILES string of the molecule is [CH2]c1ccc(OCc2ccccc2)cc1CO. The third-order valence-corrected chi connectivity index (χ3v) is 2.60. The molecule has 0 saturated heterocycles. The van der Waals surface area contributed by atoms with E-state index in [1.54, 1.807) is 0 Å². The van der Waals surface area contributed by atoms with Gasteiger partial charge >= 0.3 is 0 Å². The van der Waals surface area contributed by atoms with Crippen molar-refractivity contribution in [1.82, 2.24) is 0 Å². The van der Waals surface area contributed by atoms with Crippen LogP contribution in [0, 0.1) is 6.92 Å². The number of benzene rings is 2. The maximum atomic E-state index is 9.13. The Morgan fingerprint density at radius 3 is 2.53 bits per heavy atom. The van der Waals surface area contributed by atoms with E-state index in [9.17, 15) is 0 Å². The predicted molar refractivity (Wildman–Crippen MR) is 67.6 cm³/mol. The lowest BCUT2D eigenvalue weighted by Crippen LogP contribution is -1.96. The topological polar surface area (TPSA) is 29.5 Å². The second kappa shape index (κ2) is 5.51. The largest absolute Gasteiger partial charge is 0.489 e. The predicted octanol–water partition coefficient (Wildman–Crippen LogP) is 2.94. The minimum absolute atomic E-state index is 0.0125. The number of hydrogen-bond donors (Lipinski definition) is 1. The summed E-state index contributed by atoms with van der Waals surface area (Å²) >= 11 is 0. The van der Waals surface area contributed by atoms with Crippen LogP contribution in [0.4, 0.5) is 0 Å². The molecule has 0 bridgehead atoms. The van der Waals surface area contributed by atoms with Gasteiger partial charge in [0.2, 0.25) is 0 Å². The zero-order chi connectivity index (χ0) is 12.1. The monoisotopic (exact) mass is 227 g/mol. The molecule has 87 valence electrons. The average Bonchev–Trinajstić information content (AvgIpc) is 2.39. The summed E-state index contributed by atoms with van der Waals surface area (Å²) in [4.78, 5) is 0. The highest BCUT2D eigenvalue weighted by Gasteiger charge is 2.00. The number of ether oxygens (including phenoxy) is 1. The summed E-state index contributed by atoms with van der Waals surface area (Å²) in [6.45, 7) is 4.35. The van der Waals surface area contributed by atoms with Crippen LogP contribution in [-0.2, 0) is 13.2 Å². The molecule has 0 fully saturated rings. The van der Waals surface area contributed by atoms with E-state index >= 15 is 0 Å². The molecule has 0 spiro atoms. The molecule has 2 rings (SSSR count). The minimum atomic E-state index is -0.0125. The highest BCUT2D eigenvalue weighted by molar-refractivity contribution is 5.37. The standard InChI is InChI=1S/C15H15O2/c1-12-7-8-15(9-14(12)10-16)17-11-13-5-3-2-4-6-13/h2-9,16H,1,10-11H2. The van der Waals surface area contributed by atoms with Gasteiger partial charge in [0.05, 0.1) is 6.61 Å². The molecule has 17 heavy (non-hydrogen) atoms. The molecule has 2 aromatic rings. The van der Waals surface area contributed by atoms with E-state index in [1.165, 1.54) is 0 Å². The Labute approximate surface area is 101 Å². The quantitative estimate of drug-likeness (QED) is 0.870. The lowest BCUT2D eigenvalue weighted by Gasteiger charge is -2.09. The molecule has 0 aliphatic heterocycles. The first-order valence-electron chi connectivity index (χ1n) is 5.52. The first-order chi connectivity index (χ1) is 8.29. The smallest absolute Gasteiger partial charge is 0.120 e. The average molecular weight is 227 g/mol. The van der Waals surface area contributed by atoms with Crippen molar-refractivity contribution in [2.75, 3.05) is 0 Å². The molecule has 0 heterocycles. The Hall–Kier alpha value is -1.80. The molecule has 1 radical (unpaired) electrons. The minimum Gasteiger partial charge on any atom is -0.489 e. The van der Waals surface area contributed by atoms with E-state index in [1.807, 2.05) is 48.5 Å². The van der Waals surface area contributed by atoms with Crippen molar-refractivity contribution in [2.45, 2.75) is 13.2 Å². The number of aliphatic hydroxyl groups excluding tert-OH is 1. The number of rotatable bonds is 4. The van der Waals surface area contributed by atoms with Crippen molar-refractivity contribution in [2.24, 2.45) is 0 Å². The lowest BCUT2D eigenvalue weighted by molar-refractivity contribution is 0.277. The van der Waals surface area contributed by atoms with Crippen molar-refractivity contribution >= 4 is 0 Å². The van der Waals surface area contributed by atoms with E-state index in [2.05, 4.69) is 6.92 Å². The van der Waals surface area contributed by atoms with Crippen molar-refractivity contribution in [3.8, 4) is 5.75 Å². The Kier molecular flexibility index (Phi) is 3.78. The van der Waals surface area contributed by atoms with Gasteiger partial charge in [0.25, 0.3) is 0 Å². The lowest BCUT2D eigenvalue weighted by atomic mass is 10.1. The molecule has 0 aliphatic carbocycles. The fraction of sp³-hybridized carbons (Fsp3) is 0.133. The Bertz CT molecular complexity index is 478. The Balaban J connectivity index is 2.04. The normalized spacial score (nSPS) is 10.2. The third kappa shape index (κ3) is 3.08. The van der Waals surface area contributed by atoms with Crippen LogP contribution in [0.2, 0.25) is 0 Å². The van der Waals surface area contributed by atoms with Gasteiger partial charge in [-0.15, -0.1) is 0 Å². The first-order valence-corrected chi connectivity index (χ1v) is 5.52. The van der Waals surface area contributed by atoms with Crippen molar-refractivity contribution in [3.05, 3.63) is 72.1 Å². The van der Waals surface area contributed by atoms with Crippen LogP contribution < -0.4 is 4.74 Å². The van der Waals surface area contributed by atoms with Gasteiger partial charge in [-0.2, -0.15) is 0 Å². The van der Waals surface area contributed by atoms with Crippen LogP contribution in [0.15, 0.2) is 48.5 Å². The van der Waals surface area contributed by atoms with Crippen molar-refractivity contribution < 1.29 is 9.84 Å². The first kappa shape index (κ1) is 11.7. The van der Waals surface area contributed by atoms with Crippen LogP contribution in [0.5, 0.6) is 5.75 Å². The van der Waals surface area contributed by atoms with Crippen LogP contribution in [0.3, 0.4) is 0 Å². The van der Waals surface area contributed by atoms with Gasteiger partial charge in [0.1, 0.15) is 12.4 Å². The van der Waals surface area contributed by atoms with E-state index in [0.29, 0.717) is 6.61 Å². The van der Waals surface area contributed by atoms with Gasteiger partial charge in [-0.1, -0.05) is 36.4 Å². The zero-order valence-corrected chi connectivity index (χ0v) is 9.60. The van der Waals surface area contributed by atoms with E-state index in [4.69, 9.17) is 9.84 Å².